The van der Waals surface area contributed by atoms with Crippen LogP contribution in [0.25, 0.3) is 33.5 Å². The lowest BCUT2D eigenvalue weighted by Gasteiger charge is -2.10. The van der Waals surface area contributed by atoms with Gasteiger partial charge >= 0.3 is 0 Å². The maximum absolute atomic E-state index is 13.4. The number of hydrogen-bond donors (Lipinski definition) is 0. The average Bonchev–Trinajstić information content (AvgIpc) is 2.61. The van der Waals surface area contributed by atoms with E-state index in [1.807, 2.05) is 54.6 Å². The highest BCUT2D eigenvalue weighted by Crippen LogP contribution is 2.30. The highest BCUT2D eigenvalue weighted by atomic mass is 127. The van der Waals surface area contributed by atoms with Crippen molar-refractivity contribution in [3.63, 3.8) is 0 Å². The zero-order chi connectivity index (χ0) is 16.5. The molecule has 0 radical (unpaired) electrons. The summed E-state index contributed by atoms with van der Waals surface area (Å²) in [6, 6.07) is 22.7. The first-order valence-electron chi connectivity index (χ1n) is 7.50. The molecule has 1 heterocycles. The first-order valence-corrected chi connectivity index (χ1v) is 8.58. The van der Waals surface area contributed by atoms with Crippen LogP contribution >= 0.6 is 22.6 Å². The van der Waals surface area contributed by atoms with Gasteiger partial charge in [-0.25, -0.2) is 14.4 Å². The molecule has 0 fully saturated rings. The molecule has 0 amide bonds. The van der Waals surface area contributed by atoms with Crippen molar-refractivity contribution in [3.8, 4) is 22.6 Å². The van der Waals surface area contributed by atoms with E-state index in [1.165, 1.54) is 12.1 Å². The van der Waals surface area contributed by atoms with Crippen LogP contribution in [0.5, 0.6) is 0 Å². The van der Waals surface area contributed by atoms with Gasteiger partial charge in [0.05, 0.1) is 11.2 Å². The third-order valence-electron chi connectivity index (χ3n) is 3.82. The molecule has 0 atom stereocenters. The fourth-order valence-corrected chi connectivity index (χ4v) is 3.40. The van der Waals surface area contributed by atoms with Gasteiger partial charge in [0.25, 0.3) is 0 Å². The fraction of sp³-hybridized carbons (Fsp3) is 0. The molecular formula is C20H12FIN2. The quantitative estimate of drug-likeness (QED) is 0.384. The van der Waals surface area contributed by atoms with Crippen molar-refractivity contribution < 1.29 is 4.39 Å². The predicted octanol–water partition coefficient (Wildman–Crippen LogP) is 5.71. The van der Waals surface area contributed by atoms with Crippen molar-refractivity contribution in [2.24, 2.45) is 0 Å². The standard InChI is InChI=1S/C20H12FIN2/c21-14-10-11-15(17(22)12-14)20-23-18-9-5-4-8-16(18)19(24-20)13-6-2-1-3-7-13/h1-12H. The smallest absolute Gasteiger partial charge is 0.161 e. The number of aromatic nitrogens is 2. The SMILES string of the molecule is Fc1ccc(-c2nc(-c3ccccc3)c3ccccc3n2)c(I)c1. The molecule has 0 bridgehead atoms. The van der Waals surface area contributed by atoms with Crippen LogP contribution in [0.3, 0.4) is 0 Å². The molecule has 0 aliphatic heterocycles. The molecule has 0 unspecified atom stereocenters. The van der Waals surface area contributed by atoms with Gasteiger partial charge < -0.3 is 0 Å². The number of fused-ring (bicyclic) bond motifs is 1. The van der Waals surface area contributed by atoms with Crippen molar-refractivity contribution >= 4 is 33.5 Å². The van der Waals surface area contributed by atoms with E-state index < -0.39 is 0 Å². The van der Waals surface area contributed by atoms with Crippen LogP contribution in [0.1, 0.15) is 0 Å². The molecule has 0 aliphatic carbocycles. The summed E-state index contributed by atoms with van der Waals surface area (Å²) >= 11 is 2.12. The number of nitrogens with zero attached hydrogens (tertiary/aromatic N) is 2. The van der Waals surface area contributed by atoms with Crippen molar-refractivity contribution in [1.29, 1.82) is 0 Å². The van der Waals surface area contributed by atoms with Crippen LogP contribution in [0.4, 0.5) is 4.39 Å². The van der Waals surface area contributed by atoms with Crippen LogP contribution in [-0.2, 0) is 0 Å². The van der Waals surface area contributed by atoms with E-state index in [0.29, 0.717) is 5.82 Å². The molecule has 24 heavy (non-hydrogen) atoms. The zero-order valence-corrected chi connectivity index (χ0v) is 14.7. The third kappa shape index (κ3) is 2.78. The molecule has 0 saturated heterocycles. The summed E-state index contributed by atoms with van der Waals surface area (Å²) in [6.45, 7) is 0. The van der Waals surface area contributed by atoms with E-state index in [9.17, 15) is 4.39 Å². The zero-order valence-electron chi connectivity index (χ0n) is 12.6. The summed E-state index contributed by atoms with van der Waals surface area (Å²) < 4.78 is 14.2. The Morgan fingerprint density at radius 3 is 2.33 bits per heavy atom. The first kappa shape index (κ1) is 15.2. The molecule has 0 saturated carbocycles. The van der Waals surface area contributed by atoms with E-state index in [2.05, 4.69) is 27.6 Å². The minimum absolute atomic E-state index is 0.257. The predicted molar refractivity (Wildman–Crippen MR) is 103 cm³/mol. The van der Waals surface area contributed by atoms with Crippen molar-refractivity contribution in [2.45, 2.75) is 0 Å². The lowest BCUT2D eigenvalue weighted by atomic mass is 10.1. The van der Waals surface area contributed by atoms with Gasteiger partial charge in [0.1, 0.15) is 5.82 Å². The lowest BCUT2D eigenvalue weighted by Crippen LogP contribution is -1.96. The van der Waals surface area contributed by atoms with Crippen LogP contribution in [0.2, 0.25) is 0 Å². The number of para-hydroxylation sites is 1. The number of hydrogen-bond acceptors (Lipinski definition) is 2. The second kappa shape index (κ2) is 6.28. The Kier molecular flexibility index (Phi) is 3.98. The number of rotatable bonds is 2. The van der Waals surface area contributed by atoms with E-state index in [4.69, 9.17) is 4.98 Å². The molecule has 4 rings (SSSR count). The molecule has 2 nitrogen and oxygen atoms in total. The monoisotopic (exact) mass is 426 g/mol. The Bertz CT molecular complexity index is 1030. The second-order valence-electron chi connectivity index (χ2n) is 5.40. The van der Waals surface area contributed by atoms with E-state index in [1.54, 1.807) is 6.07 Å². The fourth-order valence-electron chi connectivity index (χ4n) is 2.68. The van der Waals surface area contributed by atoms with Crippen molar-refractivity contribution in [1.82, 2.24) is 9.97 Å². The van der Waals surface area contributed by atoms with Gasteiger partial charge in [0.15, 0.2) is 5.82 Å². The molecule has 4 aromatic rings. The van der Waals surface area contributed by atoms with Gasteiger partial charge in [0.2, 0.25) is 0 Å². The Balaban J connectivity index is 2.01. The van der Waals surface area contributed by atoms with Gasteiger partial charge in [-0.2, -0.15) is 0 Å². The Morgan fingerprint density at radius 1 is 0.792 bits per heavy atom. The van der Waals surface area contributed by atoms with Gasteiger partial charge in [0, 0.05) is 20.1 Å². The molecule has 0 N–H and O–H groups in total. The summed E-state index contributed by atoms with van der Waals surface area (Å²) in [6.07, 6.45) is 0. The first-order chi connectivity index (χ1) is 11.7. The molecule has 4 heteroatoms. The maximum Gasteiger partial charge on any atom is 0.161 e. The van der Waals surface area contributed by atoms with Gasteiger partial charge in [-0.15, -0.1) is 0 Å². The van der Waals surface area contributed by atoms with Gasteiger partial charge in [-0.1, -0.05) is 48.5 Å². The Morgan fingerprint density at radius 2 is 1.54 bits per heavy atom. The summed E-state index contributed by atoms with van der Waals surface area (Å²) in [4.78, 5) is 9.48. The highest BCUT2D eigenvalue weighted by molar-refractivity contribution is 14.1. The highest BCUT2D eigenvalue weighted by Gasteiger charge is 2.13. The maximum atomic E-state index is 13.4. The Hall–Kier alpha value is -2.34. The van der Waals surface area contributed by atoms with Crippen LogP contribution < -0.4 is 0 Å². The molecule has 0 aliphatic rings. The van der Waals surface area contributed by atoms with Crippen LogP contribution in [-0.4, -0.2) is 9.97 Å². The molecule has 0 spiro atoms. The summed E-state index contributed by atoms with van der Waals surface area (Å²) in [5.74, 6) is 0.351. The minimum atomic E-state index is -0.257. The van der Waals surface area contributed by atoms with Gasteiger partial charge in [-0.05, 0) is 46.9 Å². The molecule has 1 aromatic heterocycles. The normalized spacial score (nSPS) is 10.9. The summed E-state index contributed by atoms with van der Waals surface area (Å²) in [5, 5.41) is 1.00. The van der Waals surface area contributed by atoms with Crippen molar-refractivity contribution in [3.05, 3.63) is 82.2 Å². The molecule has 3 aromatic carbocycles. The number of benzene rings is 3. The third-order valence-corrected chi connectivity index (χ3v) is 4.71. The van der Waals surface area contributed by atoms with E-state index >= 15 is 0 Å². The van der Waals surface area contributed by atoms with Gasteiger partial charge in [-0.3, -0.25) is 0 Å². The Labute approximate surface area is 152 Å². The van der Waals surface area contributed by atoms with Crippen molar-refractivity contribution in [2.75, 3.05) is 0 Å². The van der Waals surface area contributed by atoms with Crippen LogP contribution in [0, 0.1) is 9.39 Å². The van der Waals surface area contributed by atoms with E-state index in [-0.39, 0.29) is 5.82 Å². The number of halogens is 2. The summed E-state index contributed by atoms with van der Waals surface area (Å²) in [5.41, 5.74) is 3.63. The topological polar surface area (TPSA) is 25.8 Å². The van der Waals surface area contributed by atoms with Crippen LogP contribution in [0.15, 0.2) is 72.8 Å². The summed E-state index contributed by atoms with van der Waals surface area (Å²) in [7, 11) is 0. The molecule has 116 valence electrons. The van der Waals surface area contributed by atoms with E-state index in [0.717, 1.165) is 31.3 Å². The molecular weight excluding hydrogens is 414 g/mol. The average molecular weight is 426 g/mol. The minimum Gasteiger partial charge on any atom is -0.228 e. The largest absolute Gasteiger partial charge is 0.228 e. The lowest BCUT2D eigenvalue weighted by molar-refractivity contribution is 0.627. The second-order valence-corrected chi connectivity index (χ2v) is 6.57.